The molecule has 4 rings (SSSR count). The molecule has 0 fully saturated rings. The predicted octanol–water partition coefficient (Wildman–Crippen LogP) is 3.00. The van der Waals surface area contributed by atoms with E-state index in [9.17, 15) is 13.2 Å². The monoisotopic (exact) mass is 522 g/mol. The zero-order valence-corrected chi connectivity index (χ0v) is 21.1. The number of nitrogen functional groups attached to an aromatic ring is 1. The van der Waals surface area contributed by atoms with E-state index < -0.39 is 16.1 Å². The summed E-state index contributed by atoms with van der Waals surface area (Å²) in [7, 11) is -2.33. The van der Waals surface area contributed by atoms with Gasteiger partial charge < -0.3 is 16.4 Å². The maximum atomic E-state index is 13.4. The van der Waals surface area contributed by atoms with Crippen molar-refractivity contribution in [3.05, 3.63) is 88.9 Å². The quantitative estimate of drug-likeness (QED) is 0.160. The highest BCUT2D eigenvalue weighted by atomic mass is 32.2. The van der Waals surface area contributed by atoms with Gasteiger partial charge in [-0.2, -0.15) is 0 Å². The normalized spacial score (nSPS) is 12.4. The summed E-state index contributed by atoms with van der Waals surface area (Å²) in [6.07, 6.45) is 0.304. The van der Waals surface area contributed by atoms with Crippen LogP contribution in [0.5, 0.6) is 0 Å². The summed E-state index contributed by atoms with van der Waals surface area (Å²) < 4.78 is 30.6. The van der Waals surface area contributed by atoms with Crippen LogP contribution in [-0.2, 0) is 21.2 Å². The van der Waals surface area contributed by atoms with Gasteiger partial charge in [-0.25, -0.2) is 18.1 Å². The summed E-state index contributed by atoms with van der Waals surface area (Å²) in [6.45, 7) is 0.105. The first-order valence-corrected chi connectivity index (χ1v) is 13.4. The molecule has 6 N–H and O–H groups in total. The van der Waals surface area contributed by atoms with Crippen LogP contribution < -0.4 is 21.1 Å². The van der Waals surface area contributed by atoms with Crippen LogP contribution in [0.3, 0.4) is 0 Å². The number of fused-ring (bicyclic) bond motifs is 1. The molecule has 1 heterocycles. The standard InChI is InChI=1S/C25H26N6O3S2/c1-28-15-23(32)29-18-8-5-9-19(14-18)36(33,34)31-21(13-16-6-4-7-17(12-16)24(26)27)25-30-20-10-2-3-11-22(20)35-25/h2-12,14,21,28,31H,13,15H2,1H3,(H3,26,27)(H,29,32)/t21-/m1/s1. The van der Waals surface area contributed by atoms with E-state index in [-0.39, 0.29) is 23.2 Å². The second-order valence-electron chi connectivity index (χ2n) is 8.12. The third-order valence-electron chi connectivity index (χ3n) is 5.35. The van der Waals surface area contributed by atoms with Gasteiger partial charge in [-0.1, -0.05) is 36.4 Å². The fourth-order valence-electron chi connectivity index (χ4n) is 3.68. The van der Waals surface area contributed by atoms with Gasteiger partial charge in [-0.3, -0.25) is 10.2 Å². The lowest BCUT2D eigenvalue weighted by atomic mass is 10.0. The first kappa shape index (κ1) is 25.5. The second-order valence-corrected chi connectivity index (χ2v) is 10.9. The van der Waals surface area contributed by atoms with Gasteiger partial charge in [0.2, 0.25) is 15.9 Å². The van der Waals surface area contributed by atoms with E-state index in [2.05, 4.69) is 20.3 Å². The minimum Gasteiger partial charge on any atom is -0.384 e. The topological polar surface area (TPSA) is 150 Å². The van der Waals surface area contributed by atoms with Crippen molar-refractivity contribution in [2.75, 3.05) is 18.9 Å². The van der Waals surface area contributed by atoms with Gasteiger partial charge in [-0.15, -0.1) is 11.3 Å². The molecule has 0 aliphatic heterocycles. The predicted molar refractivity (Wildman–Crippen MR) is 143 cm³/mol. The van der Waals surface area contributed by atoms with Crippen molar-refractivity contribution in [3.8, 4) is 0 Å². The highest BCUT2D eigenvalue weighted by Gasteiger charge is 2.25. The molecule has 1 atom stereocenters. The molecule has 186 valence electrons. The van der Waals surface area contributed by atoms with E-state index >= 15 is 0 Å². The Kier molecular flexibility index (Phi) is 7.75. The Morgan fingerprint density at radius 1 is 1.08 bits per heavy atom. The van der Waals surface area contributed by atoms with Gasteiger partial charge in [0.05, 0.1) is 27.7 Å². The van der Waals surface area contributed by atoms with E-state index in [4.69, 9.17) is 11.1 Å². The Morgan fingerprint density at radius 3 is 2.61 bits per heavy atom. The van der Waals surface area contributed by atoms with Crippen molar-refractivity contribution in [1.29, 1.82) is 5.41 Å². The number of anilines is 1. The van der Waals surface area contributed by atoms with Crippen LogP contribution in [0.1, 0.15) is 22.2 Å². The maximum absolute atomic E-state index is 13.4. The second kappa shape index (κ2) is 11.0. The molecular formula is C25H26N6O3S2. The Labute approximate surface area is 213 Å². The summed E-state index contributed by atoms with van der Waals surface area (Å²) in [5.74, 6) is -0.344. The number of amidine groups is 1. The van der Waals surface area contributed by atoms with Gasteiger partial charge in [0.15, 0.2) is 0 Å². The number of nitrogens with one attached hydrogen (secondary N) is 4. The number of amides is 1. The van der Waals surface area contributed by atoms with Crippen molar-refractivity contribution in [2.24, 2.45) is 5.73 Å². The summed E-state index contributed by atoms with van der Waals surface area (Å²) >= 11 is 1.42. The minimum atomic E-state index is -3.98. The van der Waals surface area contributed by atoms with Crippen molar-refractivity contribution in [2.45, 2.75) is 17.4 Å². The number of likely N-dealkylation sites (N-methyl/N-ethyl adjacent to an activating group) is 1. The maximum Gasteiger partial charge on any atom is 0.241 e. The average Bonchev–Trinajstić information content (AvgIpc) is 3.28. The Morgan fingerprint density at radius 2 is 1.86 bits per heavy atom. The number of hydrogen-bond donors (Lipinski definition) is 5. The van der Waals surface area contributed by atoms with E-state index in [1.54, 1.807) is 37.4 Å². The molecule has 0 saturated carbocycles. The van der Waals surface area contributed by atoms with E-state index in [1.807, 2.05) is 30.3 Å². The summed E-state index contributed by atoms with van der Waals surface area (Å²) in [5, 5.41) is 13.8. The number of carbonyl (C=O) groups is 1. The molecule has 3 aromatic carbocycles. The Balaban J connectivity index is 1.67. The van der Waals surface area contributed by atoms with E-state index in [0.717, 1.165) is 15.8 Å². The largest absolute Gasteiger partial charge is 0.384 e. The number of nitrogens with zero attached hydrogens (tertiary/aromatic N) is 1. The third-order valence-corrected chi connectivity index (χ3v) is 7.97. The number of aromatic nitrogens is 1. The van der Waals surface area contributed by atoms with Crippen LogP contribution in [0.2, 0.25) is 0 Å². The van der Waals surface area contributed by atoms with Crippen molar-refractivity contribution in [3.63, 3.8) is 0 Å². The molecule has 0 bridgehead atoms. The van der Waals surface area contributed by atoms with Crippen LogP contribution in [0.15, 0.2) is 77.7 Å². The van der Waals surface area contributed by atoms with Gasteiger partial charge >= 0.3 is 0 Å². The number of hydrogen-bond acceptors (Lipinski definition) is 7. The zero-order chi connectivity index (χ0) is 25.7. The van der Waals surface area contributed by atoms with Gasteiger partial charge in [0.1, 0.15) is 10.8 Å². The molecule has 0 saturated heterocycles. The van der Waals surface area contributed by atoms with Gasteiger partial charge in [-0.05, 0) is 55.4 Å². The van der Waals surface area contributed by atoms with Crippen LogP contribution in [0, 0.1) is 5.41 Å². The summed E-state index contributed by atoms with van der Waals surface area (Å²) in [5.41, 5.74) is 8.18. The SMILES string of the molecule is CNCC(=O)Nc1cccc(S(=O)(=O)N[C@H](Cc2cccc(C(=N)N)c2)c2nc3ccccc3s2)c1. The molecule has 0 aliphatic carbocycles. The molecule has 0 aliphatic rings. The van der Waals surface area contributed by atoms with Crippen molar-refractivity contribution in [1.82, 2.24) is 15.0 Å². The lowest BCUT2D eigenvalue weighted by Gasteiger charge is -2.18. The number of nitrogens with two attached hydrogens (primary N) is 1. The molecule has 9 nitrogen and oxygen atoms in total. The number of carbonyl (C=O) groups excluding carboxylic acids is 1. The highest BCUT2D eigenvalue weighted by Crippen LogP contribution is 2.30. The van der Waals surface area contributed by atoms with Gasteiger partial charge in [0, 0.05) is 11.3 Å². The first-order chi connectivity index (χ1) is 17.2. The fraction of sp³-hybridized carbons (Fsp3) is 0.160. The minimum absolute atomic E-state index is 0.0216. The molecule has 0 spiro atoms. The number of benzene rings is 3. The smallest absolute Gasteiger partial charge is 0.241 e. The number of para-hydroxylation sites is 1. The summed E-state index contributed by atoms with van der Waals surface area (Å²) in [4.78, 5) is 16.6. The zero-order valence-electron chi connectivity index (χ0n) is 19.5. The Bertz CT molecular complexity index is 1480. The van der Waals surface area contributed by atoms with E-state index in [1.165, 1.54) is 23.5 Å². The fourth-order valence-corrected chi connectivity index (χ4v) is 6.02. The van der Waals surface area contributed by atoms with Crippen molar-refractivity contribution < 1.29 is 13.2 Å². The van der Waals surface area contributed by atoms with Crippen LogP contribution in [0.4, 0.5) is 5.69 Å². The third kappa shape index (κ3) is 6.13. The first-order valence-electron chi connectivity index (χ1n) is 11.1. The molecular weight excluding hydrogens is 496 g/mol. The molecule has 11 heteroatoms. The van der Waals surface area contributed by atoms with Crippen molar-refractivity contribution >= 4 is 49.0 Å². The van der Waals surface area contributed by atoms with Crippen LogP contribution in [-0.4, -0.2) is 38.7 Å². The number of sulfonamides is 1. The average molecular weight is 523 g/mol. The molecule has 1 aromatic heterocycles. The number of rotatable bonds is 10. The lowest BCUT2D eigenvalue weighted by molar-refractivity contribution is -0.115. The molecule has 0 radical (unpaired) electrons. The molecule has 0 unspecified atom stereocenters. The molecule has 1 amide bonds. The highest BCUT2D eigenvalue weighted by molar-refractivity contribution is 7.89. The number of thiazole rings is 1. The van der Waals surface area contributed by atoms with Crippen LogP contribution >= 0.6 is 11.3 Å². The molecule has 4 aromatic rings. The summed E-state index contributed by atoms with van der Waals surface area (Å²) in [6, 6.07) is 20.2. The van der Waals surface area contributed by atoms with E-state index in [0.29, 0.717) is 22.7 Å². The Hall–Kier alpha value is -3.64. The van der Waals surface area contributed by atoms with Crippen LogP contribution in [0.25, 0.3) is 10.2 Å². The molecule has 36 heavy (non-hydrogen) atoms. The van der Waals surface area contributed by atoms with Gasteiger partial charge in [0.25, 0.3) is 0 Å². The lowest BCUT2D eigenvalue weighted by Crippen LogP contribution is -2.30.